The van der Waals surface area contributed by atoms with Crippen molar-refractivity contribution in [1.29, 1.82) is 0 Å². The highest BCUT2D eigenvalue weighted by atomic mass is 19.1. The molecule has 0 aliphatic heterocycles. The molecular weight excluding hydrogens is 232 g/mol. The van der Waals surface area contributed by atoms with Gasteiger partial charge in [0, 0.05) is 12.1 Å². The SMILES string of the molecule is CCNC(c1cc(F)cc(F)c1)C1C2CCCC21. The Balaban J connectivity index is 1.85. The predicted octanol–water partition coefficient (Wildman–Crippen LogP) is 3.66. The second-order valence-corrected chi connectivity index (χ2v) is 5.57. The third-order valence-corrected chi connectivity index (χ3v) is 4.53. The fraction of sp³-hybridized carbons (Fsp3) is 0.600. The second kappa shape index (κ2) is 4.61. The molecule has 0 radical (unpaired) electrons. The number of hydrogen-bond donors (Lipinski definition) is 1. The highest BCUT2D eigenvalue weighted by Gasteiger charge is 2.55. The van der Waals surface area contributed by atoms with Crippen molar-refractivity contribution < 1.29 is 8.78 Å². The van der Waals surface area contributed by atoms with Crippen molar-refractivity contribution >= 4 is 0 Å². The van der Waals surface area contributed by atoms with Crippen LogP contribution in [0.1, 0.15) is 37.8 Å². The molecule has 0 spiro atoms. The van der Waals surface area contributed by atoms with Crippen molar-refractivity contribution in [3.63, 3.8) is 0 Å². The molecule has 0 heterocycles. The van der Waals surface area contributed by atoms with Crippen molar-refractivity contribution in [2.45, 2.75) is 32.2 Å². The van der Waals surface area contributed by atoms with E-state index in [2.05, 4.69) is 5.32 Å². The molecule has 1 aromatic rings. The van der Waals surface area contributed by atoms with E-state index in [1.807, 2.05) is 6.92 Å². The number of fused-ring (bicyclic) bond motifs is 1. The highest BCUT2D eigenvalue weighted by molar-refractivity contribution is 5.25. The van der Waals surface area contributed by atoms with E-state index in [1.54, 1.807) is 0 Å². The van der Waals surface area contributed by atoms with Gasteiger partial charge in [-0.3, -0.25) is 0 Å². The molecule has 3 unspecified atom stereocenters. The summed E-state index contributed by atoms with van der Waals surface area (Å²) >= 11 is 0. The van der Waals surface area contributed by atoms with E-state index in [-0.39, 0.29) is 6.04 Å². The van der Waals surface area contributed by atoms with Crippen LogP contribution in [0.4, 0.5) is 8.78 Å². The van der Waals surface area contributed by atoms with Crippen LogP contribution in [0.5, 0.6) is 0 Å². The molecule has 0 amide bonds. The van der Waals surface area contributed by atoms with E-state index in [0.29, 0.717) is 5.92 Å². The van der Waals surface area contributed by atoms with E-state index in [1.165, 1.54) is 31.4 Å². The third-order valence-electron chi connectivity index (χ3n) is 4.53. The van der Waals surface area contributed by atoms with Crippen LogP contribution in [-0.4, -0.2) is 6.54 Å². The van der Waals surface area contributed by atoms with Gasteiger partial charge in [-0.2, -0.15) is 0 Å². The third kappa shape index (κ3) is 2.05. The lowest BCUT2D eigenvalue weighted by Crippen LogP contribution is -2.24. The first-order valence-corrected chi connectivity index (χ1v) is 6.90. The van der Waals surface area contributed by atoms with Gasteiger partial charge in [0.05, 0.1) is 0 Å². The molecule has 3 atom stereocenters. The molecule has 18 heavy (non-hydrogen) atoms. The molecule has 2 aliphatic carbocycles. The number of rotatable bonds is 4. The Hall–Kier alpha value is -0.960. The van der Waals surface area contributed by atoms with Crippen LogP contribution in [0.25, 0.3) is 0 Å². The normalized spacial score (nSPS) is 31.2. The summed E-state index contributed by atoms with van der Waals surface area (Å²) in [5, 5.41) is 3.41. The minimum atomic E-state index is -0.473. The second-order valence-electron chi connectivity index (χ2n) is 5.57. The molecule has 1 nitrogen and oxygen atoms in total. The molecule has 3 heteroatoms. The summed E-state index contributed by atoms with van der Waals surface area (Å²) < 4.78 is 26.7. The zero-order valence-corrected chi connectivity index (χ0v) is 10.6. The molecule has 2 aliphatic rings. The highest BCUT2D eigenvalue weighted by Crippen LogP contribution is 2.62. The summed E-state index contributed by atoms with van der Waals surface area (Å²) in [7, 11) is 0. The smallest absolute Gasteiger partial charge is 0.126 e. The Morgan fingerprint density at radius 1 is 1.17 bits per heavy atom. The van der Waals surface area contributed by atoms with Gasteiger partial charge in [0.15, 0.2) is 0 Å². The molecule has 3 rings (SSSR count). The van der Waals surface area contributed by atoms with Gasteiger partial charge in [0.2, 0.25) is 0 Å². The van der Waals surface area contributed by atoms with Gasteiger partial charge in [-0.15, -0.1) is 0 Å². The van der Waals surface area contributed by atoms with Crippen LogP contribution < -0.4 is 5.32 Å². The van der Waals surface area contributed by atoms with Crippen LogP contribution in [0.15, 0.2) is 18.2 Å². The fourth-order valence-electron chi connectivity index (χ4n) is 3.82. The molecule has 0 bridgehead atoms. The largest absolute Gasteiger partial charge is 0.310 e. The van der Waals surface area contributed by atoms with Gasteiger partial charge in [-0.05, 0) is 54.8 Å². The summed E-state index contributed by atoms with van der Waals surface area (Å²) in [5.74, 6) is 1.19. The Morgan fingerprint density at radius 3 is 2.33 bits per heavy atom. The van der Waals surface area contributed by atoms with Gasteiger partial charge in [-0.25, -0.2) is 8.78 Å². The number of benzene rings is 1. The summed E-state index contributed by atoms with van der Waals surface area (Å²) in [6.07, 6.45) is 3.90. The van der Waals surface area contributed by atoms with Crippen molar-refractivity contribution in [1.82, 2.24) is 5.32 Å². The zero-order valence-electron chi connectivity index (χ0n) is 10.6. The lowest BCUT2D eigenvalue weighted by Gasteiger charge is -2.20. The fourth-order valence-corrected chi connectivity index (χ4v) is 3.82. The summed E-state index contributed by atoms with van der Waals surface area (Å²) in [5.41, 5.74) is 0.772. The van der Waals surface area contributed by atoms with E-state index >= 15 is 0 Å². The van der Waals surface area contributed by atoms with Crippen LogP contribution in [0.3, 0.4) is 0 Å². The van der Waals surface area contributed by atoms with Gasteiger partial charge >= 0.3 is 0 Å². The van der Waals surface area contributed by atoms with Crippen molar-refractivity contribution in [2.75, 3.05) is 6.54 Å². The average Bonchev–Trinajstić information content (AvgIpc) is 2.79. The van der Waals surface area contributed by atoms with E-state index in [0.717, 1.165) is 30.0 Å². The van der Waals surface area contributed by atoms with Crippen molar-refractivity contribution in [3.8, 4) is 0 Å². The molecule has 2 fully saturated rings. The maximum Gasteiger partial charge on any atom is 0.126 e. The molecular formula is C15H19F2N. The maximum absolute atomic E-state index is 13.3. The molecule has 98 valence electrons. The average molecular weight is 251 g/mol. The quantitative estimate of drug-likeness (QED) is 0.861. The molecule has 1 N–H and O–H groups in total. The summed E-state index contributed by atoms with van der Waals surface area (Å²) in [6, 6.07) is 4.02. The number of hydrogen-bond acceptors (Lipinski definition) is 1. The van der Waals surface area contributed by atoms with Gasteiger partial charge in [-0.1, -0.05) is 13.3 Å². The predicted molar refractivity (Wildman–Crippen MR) is 67.1 cm³/mol. The monoisotopic (exact) mass is 251 g/mol. The minimum Gasteiger partial charge on any atom is -0.310 e. The summed E-state index contributed by atoms with van der Waals surface area (Å²) in [4.78, 5) is 0. The molecule has 1 aromatic carbocycles. The van der Waals surface area contributed by atoms with Crippen LogP contribution in [0, 0.1) is 29.4 Å². The van der Waals surface area contributed by atoms with E-state index in [9.17, 15) is 8.78 Å². The maximum atomic E-state index is 13.3. The molecule has 0 aromatic heterocycles. The zero-order chi connectivity index (χ0) is 12.7. The van der Waals surface area contributed by atoms with E-state index < -0.39 is 11.6 Å². The van der Waals surface area contributed by atoms with Crippen molar-refractivity contribution in [2.24, 2.45) is 17.8 Å². The Kier molecular flexibility index (Phi) is 3.10. The molecule has 0 saturated heterocycles. The lowest BCUT2D eigenvalue weighted by atomic mass is 9.96. The van der Waals surface area contributed by atoms with Crippen molar-refractivity contribution in [3.05, 3.63) is 35.4 Å². The van der Waals surface area contributed by atoms with Gasteiger partial charge in [0.1, 0.15) is 11.6 Å². The van der Waals surface area contributed by atoms with Crippen LogP contribution in [-0.2, 0) is 0 Å². The first kappa shape index (κ1) is 12.1. The number of nitrogens with one attached hydrogen (secondary N) is 1. The number of halogens is 2. The first-order valence-electron chi connectivity index (χ1n) is 6.90. The summed E-state index contributed by atoms with van der Waals surface area (Å²) in [6.45, 7) is 2.87. The lowest BCUT2D eigenvalue weighted by molar-refractivity contribution is 0.421. The Bertz CT molecular complexity index is 416. The van der Waals surface area contributed by atoms with E-state index in [4.69, 9.17) is 0 Å². The Morgan fingerprint density at radius 2 is 1.78 bits per heavy atom. The topological polar surface area (TPSA) is 12.0 Å². The first-order chi connectivity index (χ1) is 8.70. The van der Waals surface area contributed by atoms with Gasteiger partial charge < -0.3 is 5.32 Å². The van der Waals surface area contributed by atoms with Crippen LogP contribution in [0.2, 0.25) is 0 Å². The van der Waals surface area contributed by atoms with Gasteiger partial charge in [0.25, 0.3) is 0 Å². The standard InChI is InChI=1S/C15H19F2N/c1-2-18-15(14-12-4-3-5-13(12)14)9-6-10(16)8-11(17)7-9/h6-8,12-15,18H,2-5H2,1H3. The molecule has 2 saturated carbocycles. The minimum absolute atomic E-state index is 0.121. The Labute approximate surface area is 107 Å². The van der Waals surface area contributed by atoms with Crippen LogP contribution >= 0.6 is 0 Å².